The molecule has 3 rings (SSSR count). The van der Waals surface area contributed by atoms with Gasteiger partial charge in [0.05, 0.1) is 21.3 Å². The molecule has 1 heterocycles. The van der Waals surface area contributed by atoms with Crippen molar-refractivity contribution < 1.29 is 4.79 Å². The number of aromatic nitrogens is 1. The predicted octanol–water partition coefficient (Wildman–Crippen LogP) is 4.91. The van der Waals surface area contributed by atoms with Gasteiger partial charge in [-0.3, -0.25) is 10.1 Å². The van der Waals surface area contributed by atoms with Crippen molar-refractivity contribution in [3.8, 4) is 5.69 Å². The molecule has 0 saturated heterocycles. The molecule has 0 atom stereocenters. The topological polar surface area (TPSA) is 46.1 Å². The first kappa shape index (κ1) is 17.5. The van der Waals surface area contributed by atoms with E-state index in [9.17, 15) is 4.79 Å². The van der Waals surface area contributed by atoms with Crippen molar-refractivity contribution in [2.45, 2.75) is 0 Å². The van der Waals surface area contributed by atoms with E-state index < -0.39 is 0 Å². The molecule has 0 unspecified atom stereocenters. The third-order valence-corrected chi connectivity index (χ3v) is 4.27. The molecule has 0 fully saturated rings. The largest absolute Gasteiger partial charge is 0.332 e. The highest BCUT2D eigenvalue weighted by molar-refractivity contribution is 7.80. The fourth-order valence-electron chi connectivity index (χ4n) is 2.27. The molecule has 2 aromatic carbocycles. The molecule has 1 aromatic heterocycles. The van der Waals surface area contributed by atoms with E-state index in [1.165, 1.54) is 0 Å². The van der Waals surface area contributed by atoms with Gasteiger partial charge in [-0.05, 0) is 54.7 Å². The Kier molecular flexibility index (Phi) is 5.38. The van der Waals surface area contributed by atoms with Gasteiger partial charge < -0.3 is 9.88 Å². The smallest absolute Gasteiger partial charge is 0.258 e. The number of halogens is 2. The summed E-state index contributed by atoms with van der Waals surface area (Å²) in [7, 11) is 0. The van der Waals surface area contributed by atoms with Gasteiger partial charge >= 0.3 is 0 Å². The molecule has 0 bridgehead atoms. The Labute approximate surface area is 160 Å². The second-order valence-electron chi connectivity index (χ2n) is 5.14. The molecule has 0 radical (unpaired) electrons. The molecule has 0 saturated carbocycles. The minimum Gasteiger partial charge on any atom is -0.332 e. The SMILES string of the molecule is O=C(NC(=S)Nc1ccc(-n2cccc2)c(Cl)c1)c1ccccc1Cl. The fourth-order valence-corrected chi connectivity index (χ4v) is 2.98. The maximum Gasteiger partial charge on any atom is 0.258 e. The van der Waals surface area contributed by atoms with Crippen LogP contribution in [0.1, 0.15) is 10.4 Å². The van der Waals surface area contributed by atoms with Gasteiger partial charge in [0.15, 0.2) is 5.11 Å². The third kappa shape index (κ3) is 4.20. The lowest BCUT2D eigenvalue weighted by Gasteiger charge is -2.12. The number of amides is 1. The van der Waals surface area contributed by atoms with Crippen LogP contribution in [0.2, 0.25) is 10.0 Å². The Morgan fingerprint density at radius 1 is 0.960 bits per heavy atom. The first-order chi connectivity index (χ1) is 12.0. The van der Waals surface area contributed by atoms with Gasteiger partial charge in [-0.1, -0.05) is 35.3 Å². The van der Waals surface area contributed by atoms with Crippen LogP contribution in [-0.4, -0.2) is 15.6 Å². The van der Waals surface area contributed by atoms with E-state index in [1.54, 1.807) is 30.3 Å². The summed E-state index contributed by atoms with van der Waals surface area (Å²) in [5.41, 5.74) is 1.88. The molecule has 0 aliphatic carbocycles. The lowest BCUT2D eigenvalue weighted by molar-refractivity contribution is 0.0978. The van der Waals surface area contributed by atoms with Gasteiger partial charge in [0.2, 0.25) is 0 Å². The van der Waals surface area contributed by atoms with Gasteiger partial charge in [0.1, 0.15) is 0 Å². The van der Waals surface area contributed by atoms with Gasteiger partial charge in [-0.2, -0.15) is 0 Å². The van der Waals surface area contributed by atoms with E-state index in [4.69, 9.17) is 35.4 Å². The Morgan fingerprint density at radius 2 is 1.68 bits per heavy atom. The Bertz CT molecular complexity index is 926. The highest BCUT2D eigenvalue weighted by Crippen LogP contribution is 2.24. The standard InChI is InChI=1S/C18H13Cl2N3OS/c19-14-6-2-1-5-13(14)17(24)22-18(25)21-12-7-8-16(15(20)11-12)23-9-3-4-10-23/h1-11H,(H2,21,22,24,25). The minimum absolute atomic E-state index is 0.162. The lowest BCUT2D eigenvalue weighted by atomic mass is 10.2. The zero-order valence-corrected chi connectivity index (χ0v) is 15.2. The van der Waals surface area contributed by atoms with Crippen LogP contribution in [0.25, 0.3) is 5.69 Å². The van der Waals surface area contributed by atoms with Crippen molar-refractivity contribution in [3.63, 3.8) is 0 Å². The van der Waals surface area contributed by atoms with Crippen LogP contribution in [0.3, 0.4) is 0 Å². The lowest BCUT2D eigenvalue weighted by Crippen LogP contribution is -2.34. The van der Waals surface area contributed by atoms with E-state index in [0.717, 1.165) is 5.69 Å². The molecule has 4 nitrogen and oxygen atoms in total. The Balaban J connectivity index is 1.68. The summed E-state index contributed by atoms with van der Waals surface area (Å²) < 4.78 is 1.91. The molecule has 0 aliphatic rings. The molecule has 126 valence electrons. The number of nitrogens with zero attached hydrogens (tertiary/aromatic N) is 1. The number of nitrogens with one attached hydrogen (secondary N) is 2. The average molecular weight is 390 g/mol. The number of carbonyl (C=O) groups excluding carboxylic acids is 1. The molecule has 7 heteroatoms. The summed E-state index contributed by atoms with van der Waals surface area (Å²) in [6.07, 6.45) is 3.81. The maximum atomic E-state index is 12.2. The zero-order valence-electron chi connectivity index (χ0n) is 12.9. The summed E-state index contributed by atoms with van der Waals surface area (Å²) in [5, 5.41) is 6.62. The summed E-state index contributed by atoms with van der Waals surface area (Å²) in [6.45, 7) is 0. The second-order valence-corrected chi connectivity index (χ2v) is 6.37. The van der Waals surface area contributed by atoms with E-state index >= 15 is 0 Å². The number of benzene rings is 2. The second kappa shape index (κ2) is 7.70. The first-order valence-corrected chi connectivity index (χ1v) is 8.51. The number of anilines is 1. The fraction of sp³-hybridized carbons (Fsp3) is 0. The zero-order chi connectivity index (χ0) is 17.8. The summed E-state index contributed by atoms with van der Waals surface area (Å²) in [6, 6.07) is 16.0. The van der Waals surface area contributed by atoms with Crippen LogP contribution < -0.4 is 10.6 Å². The summed E-state index contributed by atoms with van der Waals surface area (Å²) in [5.74, 6) is -0.377. The van der Waals surface area contributed by atoms with Crippen molar-refractivity contribution in [3.05, 3.63) is 82.6 Å². The van der Waals surface area contributed by atoms with Gasteiger partial charge in [0, 0.05) is 18.1 Å². The van der Waals surface area contributed by atoms with Gasteiger partial charge in [-0.25, -0.2) is 0 Å². The predicted molar refractivity (Wildman–Crippen MR) is 106 cm³/mol. The third-order valence-electron chi connectivity index (χ3n) is 3.43. The monoisotopic (exact) mass is 389 g/mol. The van der Waals surface area contributed by atoms with Gasteiger partial charge in [0.25, 0.3) is 5.91 Å². The molecular formula is C18H13Cl2N3OS. The number of carbonyl (C=O) groups is 1. The molecule has 1 amide bonds. The minimum atomic E-state index is -0.377. The molecule has 0 aliphatic heterocycles. The molecule has 25 heavy (non-hydrogen) atoms. The Morgan fingerprint density at radius 3 is 2.36 bits per heavy atom. The van der Waals surface area contributed by atoms with Crippen LogP contribution in [-0.2, 0) is 0 Å². The van der Waals surface area contributed by atoms with Crippen LogP contribution in [0.15, 0.2) is 67.0 Å². The van der Waals surface area contributed by atoms with Crippen molar-refractivity contribution in [1.82, 2.24) is 9.88 Å². The molecule has 3 aromatic rings. The summed E-state index contributed by atoms with van der Waals surface area (Å²) >= 11 is 17.5. The highest BCUT2D eigenvalue weighted by Gasteiger charge is 2.11. The number of hydrogen-bond donors (Lipinski definition) is 2. The number of rotatable bonds is 3. The van der Waals surface area contributed by atoms with Crippen LogP contribution in [0, 0.1) is 0 Å². The first-order valence-electron chi connectivity index (χ1n) is 7.34. The normalized spacial score (nSPS) is 10.3. The van der Waals surface area contributed by atoms with Crippen molar-refractivity contribution in [2.75, 3.05) is 5.32 Å². The average Bonchev–Trinajstić information content (AvgIpc) is 3.09. The van der Waals surface area contributed by atoms with Crippen molar-refractivity contribution in [1.29, 1.82) is 0 Å². The quantitative estimate of drug-likeness (QED) is 0.625. The molecule has 2 N–H and O–H groups in total. The summed E-state index contributed by atoms with van der Waals surface area (Å²) in [4.78, 5) is 12.2. The van der Waals surface area contributed by atoms with Crippen LogP contribution in [0.5, 0.6) is 0 Å². The van der Waals surface area contributed by atoms with Crippen molar-refractivity contribution in [2.24, 2.45) is 0 Å². The Hall–Kier alpha value is -2.34. The van der Waals surface area contributed by atoms with Crippen LogP contribution in [0.4, 0.5) is 5.69 Å². The number of hydrogen-bond acceptors (Lipinski definition) is 2. The number of thiocarbonyl (C=S) groups is 1. The van der Waals surface area contributed by atoms with E-state index in [1.807, 2.05) is 41.2 Å². The van der Waals surface area contributed by atoms with Gasteiger partial charge in [-0.15, -0.1) is 0 Å². The molecular weight excluding hydrogens is 377 g/mol. The van der Waals surface area contributed by atoms with E-state index in [-0.39, 0.29) is 11.0 Å². The van der Waals surface area contributed by atoms with E-state index in [0.29, 0.717) is 21.3 Å². The van der Waals surface area contributed by atoms with Crippen molar-refractivity contribution >= 4 is 52.1 Å². The highest BCUT2D eigenvalue weighted by atomic mass is 35.5. The maximum absolute atomic E-state index is 12.2. The molecule has 0 spiro atoms. The van der Waals surface area contributed by atoms with E-state index in [2.05, 4.69) is 10.6 Å². The van der Waals surface area contributed by atoms with Crippen LogP contribution >= 0.6 is 35.4 Å².